The number of carbonyl (C=O) groups excluding carboxylic acids is 1. The molecule has 3 atom stereocenters. The number of hydrogen-bond donors (Lipinski definition) is 3. The standard InChI is InChI=1S/C36H49F2N9O2/c1-39-27-20-32(43-47-29(21-41-33(27)47)34(48)42-26-6-7-30(26)49-2)46-17-8-25-24(4-3-5-28(25)46)22-44-16-9-31(36(37,38)23-44)45-18-12-35(13-19-45)10-14-40-15-11-35/h3-5,20-21,26,30-31,39-40H,6-19,22-23H2,1-2H3,(H,42,48)/t26-,30-,31-/m1/s1. The highest BCUT2D eigenvalue weighted by atomic mass is 19.3. The van der Waals surface area contributed by atoms with Crippen molar-refractivity contribution in [3.63, 3.8) is 0 Å². The van der Waals surface area contributed by atoms with Crippen molar-refractivity contribution in [1.82, 2.24) is 35.0 Å². The summed E-state index contributed by atoms with van der Waals surface area (Å²) < 4.78 is 38.7. The van der Waals surface area contributed by atoms with Crippen molar-refractivity contribution in [3.8, 4) is 0 Å². The van der Waals surface area contributed by atoms with Gasteiger partial charge in [-0.05, 0) is 100 Å². The molecule has 1 aliphatic carbocycles. The van der Waals surface area contributed by atoms with E-state index in [9.17, 15) is 4.79 Å². The van der Waals surface area contributed by atoms with Gasteiger partial charge in [-0.3, -0.25) is 14.6 Å². The van der Waals surface area contributed by atoms with Gasteiger partial charge in [-0.2, -0.15) is 0 Å². The molecule has 11 nitrogen and oxygen atoms in total. The summed E-state index contributed by atoms with van der Waals surface area (Å²) >= 11 is 0. The van der Waals surface area contributed by atoms with Crippen molar-refractivity contribution in [3.05, 3.63) is 47.3 Å². The molecule has 0 bridgehead atoms. The summed E-state index contributed by atoms with van der Waals surface area (Å²) in [5.74, 6) is -2.29. The molecule has 1 aromatic carbocycles. The quantitative estimate of drug-likeness (QED) is 0.326. The van der Waals surface area contributed by atoms with Crippen molar-refractivity contribution < 1.29 is 18.3 Å². The highest BCUT2D eigenvalue weighted by Gasteiger charge is 2.49. The van der Waals surface area contributed by atoms with Crippen molar-refractivity contribution in [2.24, 2.45) is 5.41 Å². The zero-order valence-electron chi connectivity index (χ0n) is 28.7. The fourth-order valence-corrected chi connectivity index (χ4v) is 9.07. The molecule has 1 amide bonds. The van der Waals surface area contributed by atoms with E-state index in [1.165, 1.54) is 18.4 Å². The summed E-state index contributed by atoms with van der Waals surface area (Å²) in [7, 11) is 3.50. The van der Waals surface area contributed by atoms with Gasteiger partial charge in [0.15, 0.2) is 17.2 Å². The van der Waals surface area contributed by atoms with Crippen LogP contribution in [-0.2, 0) is 17.7 Å². The number of carbonyl (C=O) groups is 1. The van der Waals surface area contributed by atoms with Gasteiger partial charge in [-0.1, -0.05) is 12.1 Å². The number of anilines is 3. The van der Waals surface area contributed by atoms with E-state index in [4.69, 9.17) is 9.84 Å². The number of ether oxygens (including phenoxy) is 1. The Labute approximate surface area is 286 Å². The third-order valence-electron chi connectivity index (χ3n) is 12.2. The average Bonchev–Trinajstić information content (AvgIpc) is 3.73. The van der Waals surface area contributed by atoms with Gasteiger partial charge in [0, 0.05) is 45.5 Å². The van der Waals surface area contributed by atoms with E-state index in [2.05, 4.69) is 42.9 Å². The molecule has 1 spiro atoms. The van der Waals surface area contributed by atoms with Gasteiger partial charge >= 0.3 is 0 Å². The maximum Gasteiger partial charge on any atom is 0.275 e. The van der Waals surface area contributed by atoms with Crippen LogP contribution in [-0.4, -0.2) is 114 Å². The summed E-state index contributed by atoms with van der Waals surface area (Å²) in [6.45, 7) is 5.34. The molecular formula is C36H49F2N9O2. The van der Waals surface area contributed by atoms with Gasteiger partial charge < -0.3 is 25.6 Å². The topological polar surface area (TPSA) is 102 Å². The minimum absolute atomic E-state index is 0.0223. The number of halogens is 2. The van der Waals surface area contributed by atoms with Crippen LogP contribution in [0.1, 0.15) is 66.6 Å². The number of imidazole rings is 1. The summed E-state index contributed by atoms with van der Waals surface area (Å²) in [6, 6.07) is 7.43. The number of alkyl halides is 2. The number of hydrogen-bond acceptors (Lipinski definition) is 9. The number of nitrogens with zero attached hydrogens (tertiary/aromatic N) is 6. The Morgan fingerprint density at radius 3 is 2.61 bits per heavy atom. The van der Waals surface area contributed by atoms with E-state index >= 15 is 8.78 Å². The normalized spacial score (nSPS) is 26.9. The van der Waals surface area contributed by atoms with Crippen LogP contribution >= 0.6 is 0 Å². The van der Waals surface area contributed by atoms with Crippen LogP contribution in [0.5, 0.6) is 0 Å². The summed E-state index contributed by atoms with van der Waals surface area (Å²) in [5, 5.41) is 14.7. The molecule has 13 heteroatoms. The minimum Gasteiger partial charge on any atom is -0.385 e. The van der Waals surface area contributed by atoms with Crippen LogP contribution < -0.4 is 20.9 Å². The number of fused-ring (bicyclic) bond motifs is 2. The first-order valence-electron chi connectivity index (χ1n) is 18.1. The molecule has 49 heavy (non-hydrogen) atoms. The lowest BCUT2D eigenvalue weighted by Gasteiger charge is -2.50. The van der Waals surface area contributed by atoms with Crippen molar-refractivity contribution >= 4 is 28.7 Å². The number of methoxy groups -OCH3 is 1. The first-order valence-corrected chi connectivity index (χ1v) is 18.1. The van der Waals surface area contributed by atoms with E-state index in [0.29, 0.717) is 48.6 Å². The minimum atomic E-state index is -2.75. The summed E-state index contributed by atoms with van der Waals surface area (Å²) in [4.78, 5) is 24.0. The number of rotatable bonds is 8. The Balaban J connectivity index is 0.969. The van der Waals surface area contributed by atoms with Gasteiger partial charge in [-0.25, -0.2) is 18.3 Å². The lowest BCUT2D eigenvalue weighted by Crippen LogP contribution is -2.60. The zero-order chi connectivity index (χ0) is 33.8. The second kappa shape index (κ2) is 13.1. The van der Waals surface area contributed by atoms with Crippen molar-refractivity contribution in [1.29, 1.82) is 0 Å². The molecule has 6 heterocycles. The zero-order valence-corrected chi connectivity index (χ0v) is 28.7. The third-order valence-corrected chi connectivity index (χ3v) is 12.2. The smallest absolute Gasteiger partial charge is 0.275 e. The van der Waals surface area contributed by atoms with Crippen molar-refractivity contribution in [2.75, 3.05) is 70.2 Å². The molecule has 5 aliphatic rings. The Morgan fingerprint density at radius 1 is 1.08 bits per heavy atom. The van der Waals surface area contributed by atoms with Gasteiger partial charge in [0.1, 0.15) is 0 Å². The molecule has 0 unspecified atom stereocenters. The Hall–Kier alpha value is -3.39. The van der Waals surface area contributed by atoms with Crippen LogP contribution in [0.4, 0.5) is 26.0 Å². The fraction of sp³-hybridized carbons (Fsp3) is 0.639. The van der Waals surface area contributed by atoms with Crippen LogP contribution in [0.2, 0.25) is 0 Å². The number of nitrogens with one attached hydrogen (secondary N) is 3. The molecule has 2 aromatic heterocycles. The molecule has 264 valence electrons. The number of benzene rings is 1. The maximum atomic E-state index is 15.8. The lowest BCUT2D eigenvalue weighted by atomic mass is 9.71. The average molecular weight is 678 g/mol. The molecule has 3 N–H and O–H groups in total. The van der Waals surface area contributed by atoms with Crippen molar-refractivity contribution in [2.45, 2.75) is 82.0 Å². The van der Waals surface area contributed by atoms with E-state index in [-0.39, 0.29) is 24.6 Å². The van der Waals surface area contributed by atoms with Gasteiger partial charge in [0.25, 0.3) is 11.8 Å². The maximum absolute atomic E-state index is 15.8. The third kappa shape index (κ3) is 6.06. The number of aromatic nitrogens is 3. The molecule has 1 saturated carbocycles. The summed E-state index contributed by atoms with van der Waals surface area (Å²) in [6.07, 6.45) is 9.10. The van der Waals surface area contributed by atoms with Crippen LogP contribution in [0.25, 0.3) is 5.65 Å². The van der Waals surface area contributed by atoms with Crippen LogP contribution in [0.15, 0.2) is 30.5 Å². The van der Waals surface area contributed by atoms with E-state index < -0.39 is 12.0 Å². The van der Waals surface area contributed by atoms with Crippen LogP contribution in [0.3, 0.4) is 0 Å². The SMILES string of the molecule is CNc1cc(N2CCc3c(CN4CC[C@@H](N5CCC6(CCNCC6)CC5)C(F)(F)C4)cccc32)nn2c(C(=O)N[C@@H]3CC[C@H]3OC)cnc12. The van der Waals surface area contributed by atoms with E-state index in [0.717, 1.165) is 75.2 Å². The molecule has 8 rings (SSSR count). The number of amides is 1. The Morgan fingerprint density at radius 2 is 1.90 bits per heavy atom. The molecule has 3 aromatic rings. The van der Waals surface area contributed by atoms with E-state index in [1.807, 2.05) is 24.1 Å². The van der Waals surface area contributed by atoms with Crippen LogP contribution in [0, 0.1) is 5.41 Å². The predicted molar refractivity (Wildman–Crippen MR) is 185 cm³/mol. The molecule has 3 saturated heterocycles. The van der Waals surface area contributed by atoms with Gasteiger partial charge in [-0.15, -0.1) is 5.10 Å². The van der Waals surface area contributed by atoms with Gasteiger partial charge in [0.05, 0.1) is 36.6 Å². The monoisotopic (exact) mass is 677 g/mol. The lowest BCUT2D eigenvalue weighted by molar-refractivity contribution is -0.138. The molecular weight excluding hydrogens is 628 g/mol. The second-order valence-electron chi connectivity index (χ2n) is 14.9. The largest absolute Gasteiger partial charge is 0.385 e. The Kier molecular flexibility index (Phi) is 8.74. The Bertz CT molecular complexity index is 1680. The first-order chi connectivity index (χ1) is 23.8. The second-order valence-corrected chi connectivity index (χ2v) is 14.9. The fourth-order valence-electron chi connectivity index (χ4n) is 9.07. The molecule has 4 fully saturated rings. The highest BCUT2D eigenvalue weighted by molar-refractivity contribution is 5.94. The highest BCUT2D eigenvalue weighted by Crippen LogP contribution is 2.43. The van der Waals surface area contributed by atoms with Gasteiger partial charge in [0.2, 0.25) is 0 Å². The number of likely N-dealkylation sites (tertiary alicyclic amines) is 2. The summed E-state index contributed by atoms with van der Waals surface area (Å²) in [5.41, 5.74) is 5.33. The molecule has 4 aliphatic heterocycles. The number of piperidine rings is 3. The van der Waals surface area contributed by atoms with E-state index in [1.54, 1.807) is 17.8 Å². The first kappa shape index (κ1) is 32.8. The molecule has 0 radical (unpaired) electrons. The predicted octanol–water partition coefficient (Wildman–Crippen LogP) is 4.05.